The van der Waals surface area contributed by atoms with Gasteiger partial charge in [-0.25, -0.2) is 8.42 Å². The van der Waals surface area contributed by atoms with E-state index in [-0.39, 0.29) is 12.4 Å². The van der Waals surface area contributed by atoms with Gasteiger partial charge < -0.3 is 15.0 Å². The third kappa shape index (κ3) is 7.72. The van der Waals surface area contributed by atoms with Crippen LogP contribution in [0.15, 0.2) is 35.3 Å². The first kappa shape index (κ1) is 20.7. The molecule has 1 fully saturated rings. The van der Waals surface area contributed by atoms with Crippen LogP contribution < -0.4 is 5.32 Å². The SMILES string of the molecule is CN=C(NCCOCCS(C)(=O)=O)N1CCN(Cc2ccccc2)CC1. The van der Waals surface area contributed by atoms with E-state index in [1.54, 1.807) is 7.05 Å². The van der Waals surface area contributed by atoms with Crippen molar-refractivity contribution in [3.05, 3.63) is 35.9 Å². The van der Waals surface area contributed by atoms with Gasteiger partial charge in [0.15, 0.2) is 5.96 Å². The molecule has 26 heavy (non-hydrogen) atoms. The number of sulfone groups is 1. The molecule has 0 amide bonds. The molecule has 1 N–H and O–H groups in total. The zero-order valence-electron chi connectivity index (χ0n) is 15.7. The van der Waals surface area contributed by atoms with E-state index < -0.39 is 9.84 Å². The summed E-state index contributed by atoms with van der Waals surface area (Å²) >= 11 is 0. The maximum atomic E-state index is 11.0. The zero-order chi connectivity index (χ0) is 18.8. The number of ether oxygens (including phenoxy) is 1. The topological polar surface area (TPSA) is 74.2 Å². The molecule has 1 aliphatic heterocycles. The number of piperazine rings is 1. The van der Waals surface area contributed by atoms with Crippen LogP contribution in [0.2, 0.25) is 0 Å². The Morgan fingerprint density at radius 1 is 1.15 bits per heavy atom. The first-order valence-electron chi connectivity index (χ1n) is 8.95. The standard InChI is InChI=1S/C18H30N4O3S/c1-19-18(20-8-13-25-14-15-26(2,23)24)22-11-9-21(10-12-22)16-17-6-4-3-5-7-17/h3-7H,8-16H2,1-2H3,(H,19,20). The highest BCUT2D eigenvalue weighted by Crippen LogP contribution is 2.08. The largest absolute Gasteiger partial charge is 0.379 e. The van der Waals surface area contributed by atoms with Gasteiger partial charge in [0, 0.05) is 52.6 Å². The highest BCUT2D eigenvalue weighted by molar-refractivity contribution is 7.90. The first-order valence-corrected chi connectivity index (χ1v) is 11.0. The molecule has 146 valence electrons. The van der Waals surface area contributed by atoms with Crippen LogP contribution in [0.1, 0.15) is 5.56 Å². The van der Waals surface area contributed by atoms with Crippen LogP contribution in [0, 0.1) is 0 Å². The molecule has 1 aromatic carbocycles. The molecular formula is C18H30N4O3S. The molecule has 0 aliphatic carbocycles. The fourth-order valence-electron chi connectivity index (χ4n) is 2.84. The van der Waals surface area contributed by atoms with Crippen LogP contribution >= 0.6 is 0 Å². The predicted octanol–water partition coefficient (Wildman–Crippen LogP) is 0.441. The number of hydrogen-bond donors (Lipinski definition) is 1. The molecule has 0 aromatic heterocycles. The summed E-state index contributed by atoms with van der Waals surface area (Å²) in [6, 6.07) is 10.5. The van der Waals surface area contributed by atoms with Crippen LogP contribution in [-0.4, -0.2) is 89.2 Å². The zero-order valence-corrected chi connectivity index (χ0v) is 16.5. The van der Waals surface area contributed by atoms with Crippen LogP contribution in [0.4, 0.5) is 0 Å². The minimum absolute atomic E-state index is 0.0606. The van der Waals surface area contributed by atoms with Crippen LogP contribution in [0.5, 0.6) is 0 Å². The average Bonchev–Trinajstić information content (AvgIpc) is 2.62. The maximum absolute atomic E-state index is 11.0. The number of guanidine groups is 1. The van der Waals surface area contributed by atoms with Crippen molar-refractivity contribution in [1.29, 1.82) is 0 Å². The molecule has 0 saturated carbocycles. The number of nitrogens with zero attached hydrogens (tertiary/aromatic N) is 3. The summed E-state index contributed by atoms with van der Waals surface area (Å²) in [6.07, 6.45) is 1.22. The van der Waals surface area contributed by atoms with E-state index in [1.807, 2.05) is 6.07 Å². The van der Waals surface area contributed by atoms with Gasteiger partial charge in [-0.05, 0) is 5.56 Å². The van der Waals surface area contributed by atoms with Crippen LogP contribution in [-0.2, 0) is 21.1 Å². The molecule has 2 rings (SSSR count). The van der Waals surface area contributed by atoms with Gasteiger partial charge in [-0.2, -0.15) is 0 Å². The Labute approximate surface area is 157 Å². The summed E-state index contributed by atoms with van der Waals surface area (Å²) in [4.78, 5) is 9.04. The third-order valence-electron chi connectivity index (χ3n) is 4.26. The molecule has 1 aliphatic rings. The molecule has 0 bridgehead atoms. The van der Waals surface area contributed by atoms with E-state index in [9.17, 15) is 8.42 Å². The van der Waals surface area contributed by atoms with Crippen molar-refractivity contribution in [2.45, 2.75) is 6.54 Å². The molecule has 1 saturated heterocycles. The molecule has 1 aromatic rings. The summed E-state index contributed by atoms with van der Waals surface area (Å²) in [6.45, 7) is 6.15. The van der Waals surface area contributed by atoms with Gasteiger partial charge >= 0.3 is 0 Å². The highest BCUT2D eigenvalue weighted by atomic mass is 32.2. The summed E-state index contributed by atoms with van der Waals surface area (Å²) in [7, 11) is -1.18. The number of nitrogens with one attached hydrogen (secondary N) is 1. The third-order valence-corrected chi connectivity index (χ3v) is 5.17. The summed E-state index contributed by atoms with van der Waals surface area (Å²) < 4.78 is 27.4. The summed E-state index contributed by atoms with van der Waals surface area (Å²) in [5.41, 5.74) is 1.34. The molecule has 0 unspecified atom stereocenters. The van der Waals surface area contributed by atoms with Crippen molar-refractivity contribution in [3.63, 3.8) is 0 Å². The van der Waals surface area contributed by atoms with Crippen molar-refractivity contribution in [2.75, 3.05) is 65.0 Å². The Hall–Kier alpha value is -1.64. The number of aliphatic imine (C=N–C) groups is 1. The van der Waals surface area contributed by atoms with Gasteiger partial charge in [0.2, 0.25) is 0 Å². The fraction of sp³-hybridized carbons (Fsp3) is 0.611. The average molecular weight is 383 g/mol. The molecule has 0 spiro atoms. The quantitative estimate of drug-likeness (QED) is 0.400. The highest BCUT2D eigenvalue weighted by Gasteiger charge is 2.19. The lowest BCUT2D eigenvalue weighted by molar-refractivity contribution is 0.150. The van der Waals surface area contributed by atoms with E-state index in [2.05, 4.69) is 44.4 Å². The number of benzene rings is 1. The van der Waals surface area contributed by atoms with Crippen LogP contribution in [0.3, 0.4) is 0 Å². The van der Waals surface area contributed by atoms with Gasteiger partial charge in [0.05, 0.1) is 19.0 Å². The second-order valence-corrected chi connectivity index (χ2v) is 8.72. The lowest BCUT2D eigenvalue weighted by atomic mass is 10.2. The van der Waals surface area contributed by atoms with Crippen molar-refractivity contribution in [1.82, 2.24) is 15.1 Å². The smallest absolute Gasteiger partial charge is 0.193 e. The molecule has 1 heterocycles. The first-order chi connectivity index (χ1) is 12.5. The number of rotatable bonds is 8. The lowest BCUT2D eigenvalue weighted by Crippen LogP contribution is -2.52. The second kappa shape index (κ2) is 10.5. The van der Waals surface area contributed by atoms with Gasteiger partial charge in [0.25, 0.3) is 0 Å². The molecule has 0 radical (unpaired) electrons. The Morgan fingerprint density at radius 3 is 2.46 bits per heavy atom. The van der Waals surface area contributed by atoms with Crippen LogP contribution in [0.25, 0.3) is 0 Å². The van der Waals surface area contributed by atoms with E-state index in [0.717, 1.165) is 38.7 Å². The van der Waals surface area contributed by atoms with Gasteiger partial charge in [-0.15, -0.1) is 0 Å². The Kier molecular flexibility index (Phi) is 8.34. The van der Waals surface area contributed by atoms with E-state index in [1.165, 1.54) is 11.8 Å². The lowest BCUT2D eigenvalue weighted by Gasteiger charge is -2.36. The monoisotopic (exact) mass is 382 g/mol. The summed E-state index contributed by atoms with van der Waals surface area (Å²) in [5.74, 6) is 0.932. The predicted molar refractivity (Wildman–Crippen MR) is 105 cm³/mol. The summed E-state index contributed by atoms with van der Waals surface area (Å²) in [5, 5.41) is 3.28. The molecule has 7 nitrogen and oxygen atoms in total. The number of hydrogen-bond acceptors (Lipinski definition) is 5. The van der Waals surface area contributed by atoms with Crippen molar-refractivity contribution in [2.24, 2.45) is 4.99 Å². The minimum Gasteiger partial charge on any atom is -0.379 e. The normalized spacial score (nSPS) is 16.7. The van der Waals surface area contributed by atoms with E-state index >= 15 is 0 Å². The Morgan fingerprint density at radius 2 is 1.85 bits per heavy atom. The van der Waals surface area contributed by atoms with Crippen molar-refractivity contribution >= 4 is 15.8 Å². The van der Waals surface area contributed by atoms with Gasteiger partial charge in [0.1, 0.15) is 9.84 Å². The fourth-order valence-corrected chi connectivity index (χ4v) is 3.26. The maximum Gasteiger partial charge on any atom is 0.193 e. The minimum atomic E-state index is -2.96. The van der Waals surface area contributed by atoms with E-state index in [4.69, 9.17) is 4.74 Å². The molecule has 0 atom stereocenters. The van der Waals surface area contributed by atoms with Crippen molar-refractivity contribution in [3.8, 4) is 0 Å². The van der Waals surface area contributed by atoms with E-state index in [0.29, 0.717) is 13.2 Å². The Balaban J connectivity index is 1.65. The second-order valence-electron chi connectivity index (χ2n) is 6.47. The Bertz CT molecular complexity index is 656. The molecular weight excluding hydrogens is 352 g/mol. The van der Waals surface area contributed by atoms with Gasteiger partial charge in [-0.3, -0.25) is 9.89 Å². The van der Waals surface area contributed by atoms with Gasteiger partial charge in [-0.1, -0.05) is 30.3 Å². The molecule has 8 heteroatoms. The van der Waals surface area contributed by atoms with Crippen molar-refractivity contribution < 1.29 is 13.2 Å².